The van der Waals surface area contributed by atoms with E-state index in [9.17, 15) is 0 Å². The maximum atomic E-state index is 4.29. The van der Waals surface area contributed by atoms with E-state index in [1.807, 2.05) is 18.5 Å². The zero-order chi connectivity index (χ0) is 10.5. The number of aromatic nitrogens is 2. The van der Waals surface area contributed by atoms with Crippen molar-refractivity contribution in [2.75, 3.05) is 17.6 Å². The average molecular weight is 223 g/mol. The number of hydrogen-bond acceptors (Lipinski definition) is 3. The molecule has 1 aromatic heterocycles. The van der Waals surface area contributed by atoms with E-state index in [-0.39, 0.29) is 0 Å². The Labute approximate surface area is 95.0 Å². The van der Waals surface area contributed by atoms with Crippen molar-refractivity contribution in [2.24, 2.45) is 0 Å². The molecule has 2 rings (SSSR count). The minimum absolute atomic E-state index is 0.767. The van der Waals surface area contributed by atoms with Crippen LogP contribution in [-0.4, -0.2) is 27.1 Å². The van der Waals surface area contributed by atoms with Crippen LogP contribution in [0.4, 0.5) is 5.95 Å². The molecular formula is C11H17N3S. The predicted molar refractivity (Wildman–Crippen MR) is 66.4 cm³/mol. The fraction of sp³-hybridized carbons (Fsp3) is 0.545. The first kappa shape index (κ1) is 10.6. The van der Waals surface area contributed by atoms with E-state index in [1.165, 1.54) is 18.6 Å². The normalized spacial score (nSPS) is 20.4. The Morgan fingerprint density at radius 2 is 2.67 bits per heavy atom. The summed E-state index contributed by atoms with van der Waals surface area (Å²) in [6.45, 7) is 5.54. The third-order valence-corrected chi connectivity index (χ3v) is 3.92. The summed E-state index contributed by atoms with van der Waals surface area (Å²) in [7, 11) is 0. The number of thioether (sulfide) groups is 1. The fourth-order valence-corrected chi connectivity index (χ4v) is 3.06. The fourth-order valence-electron chi connectivity index (χ4n) is 1.79. The monoisotopic (exact) mass is 223 g/mol. The van der Waals surface area contributed by atoms with Crippen LogP contribution < -0.4 is 5.32 Å². The summed E-state index contributed by atoms with van der Waals surface area (Å²) in [5.74, 6) is 2.27. The van der Waals surface area contributed by atoms with Gasteiger partial charge in [-0.1, -0.05) is 6.08 Å². The van der Waals surface area contributed by atoms with Gasteiger partial charge in [-0.2, -0.15) is 11.8 Å². The summed E-state index contributed by atoms with van der Waals surface area (Å²) in [5.41, 5.74) is 0. The van der Waals surface area contributed by atoms with Crippen molar-refractivity contribution in [3.63, 3.8) is 0 Å². The van der Waals surface area contributed by atoms with Crippen LogP contribution in [0.15, 0.2) is 25.0 Å². The van der Waals surface area contributed by atoms with Crippen LogP contribution in [-0.2, 0) is 6.54 Å². The summed E-state index contributed by atoms with van der Waals surface area (Å²) < 4.78 is 2.20. The van der Waals surface area contributed by atoms with E-state index in [1.54, 1.807) is 0 Å². The number of rotatable bonds is 5. The van der Waals surface area contributed by atoms with Crippen molar-refractivity contribution in [1.82, 2.24) is 9.55 Å². The molecule has 1 saturated heterocycles. The maximum Gasteiger partial charge on any atom is 0.203 e. The zero-order valence-corrected chi connectivity index (χ0v) is 9.67. The molecule has 1 fully saturated rings. The summed E-state index contributed by atoms with van der Waals surface area (Å²) in [6.07, 6.45) is 8.45. The lowest BCUT2D eigenvalue weighted by Crippen LogP contribution is -2.13. The van der Waals surface area contributed by atoms with Crippen LogP contribution in [0.25, 0.3) is 0 Å². The molecule has 15 heavy (non-hydrogen) atoms. The smallest absolute Gasteiger partial charge is 0.203 e. The standard InChI is InChI=1S/C11H17N3S/c1-2-5-12-11-13-6-7-14(11)9-10-4-3-8-15-10/h2,6-7,10H,1,3-5,8-9H2,(H,12,13). The summed E-state index contributed by atoms with van der Waals surface area (Å²) >= 11 is 2.08. The van der Waals surface area contributed by atoms with Crippen LogP contribution in [0.5, 0.6) is 0 Å². The van der Waals surface area contributed by atoms with Crippen molar-refractivity contribution < 1.29 is 0 Å². The van der Waals surface area contributed by atoms with Gasteiger partial charge < -0.3 is 9.88 Å². The van der Waals surface area contributed by atoms with Gasteiger partial charge in [0.2, 0.25) is 5.95 Å². The first-order valence-electron chi connectivity index (χ1n) is 5.37. The quantitative estimate of drug-likeness (QED) is 0.777. The number of anilines is 1. The van der Waals surface area contributed by atoms with Crippen LogP contribution >= 0.6 is 11.8 Å². The second kappa shape index (κ2) is 5.26. The van der Waals surface area contributed by atoms with Gasteiger partial charge in [0.1, 0.15) is 0 Å². The molecule has 1 unspecified atom stereocenters. The van der Waals surface area contributed by atoms with Gasteiger partial charge in [0.25, 0.3) is 0 Å². The number of nitrogens with zero attached hydrogens (tertiary/aromatic N) is 2. The molecule has 1 N–H and O–H groups in total. The van der Waals surface area contributed by atoms with E-state index in [4.69, 9.17) is 0 Å². The summed E-state index contributed by atoms with van der Waals surface area (Å²) in [4.78, 5) is 4.29. The van der Waals surface area contributed by atoms with Crippen LogP contribution in [0, 0.1) is 0 Å². The molecule has 1 aliphatic rings. The molecule has 0 aliphatic carbocycles. The van der Waals surface area contributed by atoms with Gasteiger partial charge in [0.15, 0.2) is 0 Å². The van der Waals surface area contributed by atoms with Gasteiger partial charge in [-0.05, 0) is 18.6 Å². The lowest BCUT2D eigenvalue weighted by molar-refractivity contribution is 0.642. The van der Waals surface area contributed by atoms with E-state index in [0.717, 1.165) is 24.3 Å². The molecular weight excluding hydrogens is 206 g/mol. The zero-order valence-electron chi connectivity index (χ0n) is 8.85. The van der Waals surface area contributed by atoms with Crippen molar-refractivity contribution in [2.45, 2.75) is 24.6 Å². The molecule has 0 bridgehead atoms. The first-order valence-corrected chi connectivity index (χ1v) is 6.42. The van der Waals surface area contributed by atoms with Gasteiger partial charge in [-0.15, -0.1) is 6.58 Å². The van der Waals surface area contributed by atoms with Crippen LogP contribution in [0.2, 0.25) is 0 Å². The molecule has 0 aromatic carbocycles. The first-order chi connectivity index (χ1) is 7.40. The number of hydrogen-bond donors (Lipinski definition) is 1. The molecule has 1 aromatic rings. The summed E-state index contributed by atoms with van der Waals surface area (Å²) in [5, 5.41) is 4.01. The van der Waals surface area contributed by atoms with E-state index < -0.39 is 0 Å². The lowest BCUT2D eigenvalue weighted by atomic mass is 10.2. The molecule has 0 radical (unpaired) electrons. The van der Waals surface area contributed by atoms with Gasteiger partial charge >= 0.3 is 0 Å². The predicted octanol–water partition coefficient (Wildman–Crippen LogP) is 2.38. The van der Waals surface area contributed by atoms with E-state index in [2.05, 4.69) is 33.2 Å². The SMILES string of the molecule is C=CCNc1nccn1CC1CCCS1. The second-order valence-electron chi connectivity index (χ2n) is 3.71. The molecule has 0 amide bonds. The lowest BCUT2D eigenvalue weighted by Gasteiger charge is -2.12. The van der Waals surface area contributed by atoms with Gasteiger partial charge in [0, 0.05) is 30.7 Å². The molecule has 2 heterocycles. The molecule has 1 aliphatic heterocycles. The Kier molecular flexibility index (Phi) is 3.72. The Morgan fingerprint density at radius 1 is 1.73 bits per heavy atom. The molecule has 3 nitrogen and oxygen atoms in total. The summed E-state index contributed by atoms with van der Waals surface area (Å²) in [6, 6.07) is 0. The van der Waals surface area contributed by atoms with E-state index in [0.29, 0.717) is 0 Å². The number of nitrogens with one attached hydrogen (secondary N) is 1. The minimum atomic E-state index is 0.767. The molecule has 0 saturated carbocycles. The van der Waals surface area contributed by atoms with Crippen molar-refractivity contribution in [3.05, 3.63) is 25.0 Å². The molecule has 1 atom stereocenters. The Balaban J connectivity index is 1.94. The molecule has 0 spiro atoms. The van der Waals surface area contributed by atoms with E-state index >= 15 is 0 Å². The minimum Gasteiger partial charge on any atom is -0.352 e. The second-order valence-corrected chi connectivity index (χ2v) is 5.12. The van der Waals surface area contributed by atoms with Gasteiger partial charge in [-0.3, -0.25) is 0 Å². The van der Waals surface area contributed by atoms with Crippen molar-refractivity contribution in [3.8, 4) is 0 Å². The Morgan fingerprint density at radius 3 is 3.40 bits per heavy atom. The van der Waals surface area contributed by atoms with Gasteiger partial charge in [0.05, 0.1) is 0 Å². The number of imidazole rings is 1. The van der Waals surface area contributed by atoms with Crippen LogP contribution in [0.1, 0.15) is 12.8 Å². The highest BCUT2D eigenvalue weighted by atomic mass is 32.2. The largest absolute Gasteiger partial charge is 0.352 e. The van der Waals surface area contributed by atoms with Crippen LogP contribution in [0.3, 0.4) is 0 Å². The maximum absolute atomic E-state index is 4.29. The highest BCUT2D eigenvalue weighted by Crippen LogP contribution is 2.28. The third-order valence-electron chi connectivity index (χ3n) is 2.54. The van der Waals surface area contributed by atoms with Gasteiger partial charge in [-0.25, -0.2) is 4.98 Å². The topological polar surface area (TPSA) is 29.9 Å². The molecule has 82 valence electrons. The third kappa shape index (κ3) is 2.78. The van der Waals surface area contributed by atoms with Crippen molar-refractivity contribution >= 4 is 17.7 Å². The average Bonchev–Trinajstić information content (AvgIpc) is 2.87. The van der Waals surface area contributed by atoms with Crippen molar-refractivity contribution in [1.29, 1.82) is 0 Å². The highest BCUT2D eigenvalue weighted by Gasteiger charge is 2.16. The highest BCUT2D eigenvalue weighted by molar-refractivity contribution is 8.00. The Hall–Kier alpha value is -0.900. The molecule has 4 heteroatoms. The Bertz CT molecular complexity index is 315.